The van der Waals surface area contributed by atoms with Crippen molar-refractivity contribution in [3.8, 4) is 17.0 Å². The van der Waals surface area contributed by atoms with Crippen molar-refractivity contribution in [2.75, 3.05) is 12.4 Å². The van der Waals surface area contributed by atoms with E-state index in [1.807, 2.05) is 35.7 Å². The van der Waals surface area contributed by atoms with Gasteiger partial charge in [-0.2, -0.15) is 5.10 Å². The number of fused-ring (bicyclic) bond motifs is 1. The van der Waals surface area contributed by atoms with Gasteiger partial charge < -0.3 is 10.1 Å². The Bertz CT molecular complexity index is 1250. The Morgan fingerprint density at radius 2 is 1.86 bits per heavy atom. The predicted molar refractivity (Wildman–Crippen MR) is 113 cm³/mol. The molecule has 2 heterocycles. The molecule has 146 valence electrons. The standard InChI is InChI=1S/C21H18N4O3S/c1-25-20(27)16-6-4-3-5-15(16)17(24-25)11-19(26)23-21-22-18(12-29-21)13-7-9-14(28-2)10-8-13/h3-10,12H,11H2,1-2H3,(H,22,23,26). The number of amides is 1. The van der Waals surface area contributed by atoms with Crippen LogP contribution in [0, 0.1) is 0 Å². The molecule has 4 rings (SSSR count). The van der Waals surface area contributed by atoms with Crippen LogP contribution < -0.4 is 15.6 Å². The van der Waals surface area contributed by atoms with Crippen molar-refractivity contribution in [3.63, 3.8) is 0 Å². The second-order valence-corrected chi connectivity index (χ2v) is 7.27. The lowest BCUT2D eigenvalue weighted by molar-refractivity contribution is -0.115. The fourth-order valence-corrected chi connectivity index (χ4v) is 3.78. The average molecular weight is 406 g/mol. The Hall–Kier alpha value is -3.52. The number of methoxy groups -OCH3 is 1. The van der Waals surface area contributed by atoms with E-state index in [9.17, 15) is 9.59 Å². The zero-order chi connectivity index (χ0) is 20.4. The summed E-state index contributed by atoms with van der Waals surface area (Å²) in [5.74, 6) is 0.534. The van der Waals surface area contributed by atoms with Gasteiger partial charge in [-0.3, -0.25) is 9.59 Å². The van der Waals surface area contributed by atoms with Gasteiger partial charge in [-0.05, 0) is 30.3 Å². The van der Waals surface area contributed by atoms with Crippen molar-refractivity contribution in [2.24, 2.45) is 7.05 Å². The van der Waals surface area contributed by atoms with Gasteiger partial charge in [0, 0.05) is 23.4 Å². The third-order valence-corrected chi connectivity index (χ3v) is 5.26. The topological polar surface area (TPSA) is 86.1 Å². The molecule has 0 saturated heterocycles. The Labute approximate surface area is 170 Å². The van der Waals surface area contributed by atoms with Gasteiger partial charge in [0.1, 0.15) is 5.75 Å². The van der Waals surface area contributed by atoms with Crippen molar-refractivity contribution in [1.82, 2.24) is 14.8 Å². The minimum atomic E-state index is -0.239. The zero-order valence-electron chi connectivity index (χ0n) is 15.9. The van der Waals surface area contributed by atoms with E-state index in [-0.39, 0.29) is 17.9 Å². The van der Waals surface area contributed by atoms with E-state index in [1.165, 1.54) is 16.0 Å². The SMILES string of the molecule is COc1ccc(-c2csc(NC(=O)Cc3nn(C)c(=O)c4ccccc34)n2)cc1. The van der Waals surface area contributed by atoms with E-state index in [0.29, 0.717) is 21.6 Å². The van der Waals surface area contributed by atoms with Crippen LogP contribution in [0.2, 0.25) is 0 Å². The molecular weight excluding hydrogens is 388 g/mol. The predicted octanol–water partition coefficient (Wildman–Crippen LogP) is 3.25. The second-order valence-electron chi connectivity index (χ2n) is 6.41. The van der Waals surface area contributed by atoms with Crippen molar-refractivity contribution < 1.29 is 9.53 Å². The number of anilines is 1. The molecule has 2 aromatic heterocycles. The largest absolute Gasteiger partial charge is 0.497 e. The number of nitrogens with one attached hydrogen (secondary N) is 1. The molecule has 0 atom stereocenters. The molecule has 1 N–H and O–H groups in total. The van der Waals surface area contributed by atoms with E-state index < -0.39 is 0 Å². The van der Waals surface area contributed by atoms with Crippen LogP contribution in [0.25, 0.3) is 22.0 Å². The number of rotatable bonds is 5. The summed E-state index contributed by atoms with van der Waals surface area (Å²) in [7, 11) is 3.20. The highest BCUT2D eigenvalue weighted by Gasteiger charge is 2.14. The molecule has 0 saturated carbocycles. The summed E-state index contributed by atoms with van der Waals surface area (Å²) in [6.45, 7) is 0. The summed E-state index contributed by atoms with van der Waals surface area (Å²) >= 11 is 1.35. The Balaban J connectivity index is 1.52. The summed E-state index contributed by atoms with van der Waals surface area (Å²) in [6, 6.07) is 14.7. The monoisotopic (exact) mass is 406 g/mol. The molecule has 4 aromatic rings. The lowest BCUT2D eigenvalue weighted by atomic mass is 10.1. The van der Waals surface area contributed by atoms with Crippen molar-refractivity contribution in [2.45, 2.75) is 6.42 Å². The first-order valence-electron chi connectivity index (χ1n) is 8.90. The van der Waals surface area contributed by atoms with Gasteiger partial charge in [0.2, 0.25) is 5.91 Å². The van der Waals surface area contributed by atoms with E-state index >= 15 is 0 Å². The number of ether oxygens (including phenoxy) is 1. The van der Waals surface area contributed by atoms with E-state index in [1.54, 1.807) is 32.4 Å². The third-order valence-electron chi connectivity index (χ3n) is 4.50. The van der Waals surface area contributed by atoms with Gasteiger partial charge in [0.05, 0.1) is 30.3 Å². The van der Waals surface area contributed by atoms with Gasteiger partial charge in [-0.1, -0.05) is 18.2 Å². The molecule has 0 aliphatic heterocycles. The zero-order valence-corrected chi connectivity index (χ0v) is 16.7. The van der Waals surface area contributed by atoms with E-state index in [0.717, 1.165) is 17.0 Å². The number of aryl methyl sites for hydroxylation is 1. The summed E-state index contributed by atoms with van der Waals surface area (Å²) in [6.07, 6.45) is 0.0477. The number of benzene rings is 2. The normalized spacial score (nSPS) is 10.8. The van der Waals surface area contributed by atoms with Crippen molar-refractivity contribution in [3.05, 3.63) is 70.0 Å². The summed E-state index contributed by atoms with van der Waals surface area (Å²) in [5, 5.41) is 10.7. The number of nitrogens with zero attached hydrogens (tertiary/aromatic N) is 3. The van der Waals surface area contributed by atoms with Crippen LogP contribution in [0.5, 0.6) is 5.75 Å². The molecule has 0 unspecified atom stereocenters. The van der Waals surface area contributed by atoms with Crippen molar-refractivity contribution >= 4 is 33.1 Å². The molecule has 0 spiro atoms. The van der Waals surface area contributed by atoms with Gasteiger partial charge >= 0.3 is 0 Å². The molecule has 0 aliphatic carbocycles. The highest BCUT2D eigenvalue weighted by Crippen LogP contribution is 2.26. The van der Waals surface area contributed by atoms with Crippen LogP contribution in [-0.4, -0.2) is 27.8 Å². The molecule has 29 heavy (non-hydrogen) atoms. The molecule has 0 bridgehead atoms. The van der Waals surface area contributed by atoms with Crippen LogP contribution in [0.15, 0.2) is 58.7 Å². The maximum atomic E-state index is 12.6. The van der Waals surface area contributed by atoms with Gasteiger partial charge in [-0.15, -0.1) is 11.3 Å². The summed E-state index contributed by atoms with van der Waals surface area (Å²) in [4.78, 5) is 29.3. The number of aromatic nitrogens is 3. The highest BCUT2D eigenvalue weighted by molar-refractivity contribution is 7.14. The highest BCUT2D eigenvalue weighted by atomic mass is 32.1. The lowest BCUT2D eigenvalue weighted by Crippen LogP contribution is -2.24. The Kier molecular flexibility index (Phi) is 5.09. The first-order valence-corrected chi connectivity index (χ1v) is 9.78. The molecule has 0 aliphatic rings. The summed E-state index contributed by atoms with van der Waals surface area (Å²) in [5.41, 5.74) is 2.08. The molecule has 2 aromatic carbocycles. The van der Waals surface area contributed by atoms with Crippen molar-refractivity contribution in [1.29, 1.82) is 0 Å². The Morgan fingerprint density at radius 1 is 1.14 bits per heavy atom. The van der Waals surface area contributed by atoms with Crippen LogP contribution >= 0.6 is 11.3 Å². The molecule has 1 amide bonds. The number of carbonyl (C=O) groups excluding carboxylic acids is 1. The first-order chi connectivity index (χ1) is 14.0. The number of hydrogen-bond acceptors (Lipinski definition) is 6. The molecule has 8 heteroatoms. The number of carbonyl (C=O) groups is 1. The van der Waals surface area contributed by atoms with Gasteiger partial charge in [0.15, 0.2) is 5.13 Å². The molecule has 0 fully saturated rings. The van der Waals surface area contributed by atoms with Gasteiger partial charge in [0.25, 0.3) is 5.56 Å². The van der Waals surface area contributed by atoms with Crippen LogP contribution in [-0.2, 0) is 18.3 Å². The quantitative estimate of drug-likeness (QED) is 0.550. The van der Waals surface area contributed by atoms with Crippen LogP contribution in [0.1, 0.15) is 5.69 Å². The summed E-state index contributed by atoms with van der Waals surface area (Å²) < 4.78 is 6.42. The number of thiazole rings is 1. The molecule has 0 radical (unpaired) electrons. The van der Waals surface area contributed by atoms with Crippen LogP contribution in [0.3, 0.4) is 0 Å². The maximum absolute atomic E-state index is 12.6. The van der Waals surface area contributed by atoms with Gasteiger partial charge in [-0.25, -0.2) is 9.67 Å². The molecular formula is C21H18N4O3S. The van der Waals surface area contributed by atoms with E-state index in [4.69, 9.17) is 4.74 Å². The number of hydrogen-bond donors (Lipinski definition) is 1. The minimum Gasteiger partial charge on any atom is -0.497 e. The second kappa shape index (κ2) is 7.84. The third kappa shape index (κ3) is 3.88. The first kappa shape index (κ1) is 18.8. The fourth-order valence-electron chi connectivity index (χ4n) is 3.05. The molecule has 7 nitrogen and oxygen atoms in total. The maximum Gasteiger partial charge on any atom is 0.274 e. The minimum absolute atomic E-state index is 0.0477. The Morgan fingerprint density at radius 3 is 2.59 bits per heavy atom. The smallest absolute Gasteiger partial charge is 0.274 e. The van der Waals surface area contributed by atoms with Crippen LogP contribution in [0.4, 0.5) is 5.13 Å². The average Bonchev–Trinajstić information content (AvgIpc) is 3.20. The van der Waals surface area contributed by atoms with E-state index in [2.05, 4.69) is 15.4 Å². The fraction of sp³-hybridized carbons (Fsp3) is 0.143. The lowest BCUT2D eigenvalue weighted by Gasteiger charge is -2.07.